The average molecular weight is 261 g/mol. The van der Waals surface area contributed by atoms with Crippen LogP contribution in [0, 0.1) is 5.92 Å². The van der Waals surface area contributed by atoms with Crippen molar-refractivity contribution in [2.24, 2.45) is 10.9 Å². The quantitative estimate of drug-likeness (QED) is 0.781. The van der Waals surface area contributed by atoms with Crippen LogP contribution in [0.3, 0.4) is 0 Å². The van der Waals surface area contributed by atoms with Crippen LogP contribution in [-0.4, -0.2) is 31.5 Å². The van der Waals surface area contributed by atoms with Crippen molar-refractivity contribution in [3.05, 3.63) is 35.9 Å². The lowest BCUT2D eigenvalue weighted by Crippen LogP contribution is -2.35. The van der Waals surface area contributed by atoms with Crippen LogP contribution in [0.1, 0.15) is 18.9 Å². The summed E-state index contributed by atoms with van der Waals surface area (Å²) in [6.07, 6.45) is 0.705. The number of hydrogen-bond donors (Lipinski definition) is 0. The number of carbonyl (C=O) groups excluding carboxylic acids is 1. The van der Waals surface area contributed by atoms with Gasteiger partial charge in [0, 0.05) is 12.1 Å². The molecular weight excluding hydrogens is 242 g/mol. The molecule has 1 unspecified atom stereocenters. The maximum absolute atomic E-state index is 11.8. The first kappa shape index (κ1) is 13.7. The molecule has 1 aliphatic rings. The summed E-state index contributed by atoms with van der Waals surface area (Å²) in [6.45, 7) is 3.81. The topological polar surface area (TPSA) is 47.9 Å². The summed E-state index contributed by atoms with van der Waals surface area (Å²) in [5.74, 6) is -0.563. The maximum atomic E-state index is 11.8. The molecule has 1 aromatic carbocycles. The highest BCUT2D eigenvalue weighted by Gasteiger charge is 2.28. The number of hydrogen-bond acceptors (Lipinski definition) is 4. The summed E-state index contributed by atoms with van der Waals surface area (Å²) in [6, 6.07) is 10.0. The van der Waals surface area contributed by atoms with Crippen LogP contribution in [0.2, 0.25) is 0 Å². The Bertz CT molecular complexity index is 442. The second kappa shape index (κ2) is 7.04. The van der Waals surface area contributed by atoms with E-state index in [0.717, 1.165) is 11.3 Å². The maximum Gasteiger partial charge on any atom is 0.317 e. The van der Waals surface area contributed by atoms with E-state index in [0.29, 0.717) is 32.8 Å². The second-order valence-electron chi connectivity index (χ2n) is 4.42. The molecule has 19 heavy (non-hydrogen) atoms. The third-order valence-electron chi connectivity index (χ3n) is 3.07. The summed E-state index contributed by atoms with van der Waals surface area (Å²) in [4.78, 5) is 16.4. The van der Waals surface area contributed by atoms with Crippen LogP contribution in [0.25, 0.3) is 0 Å². The van der Waals surface area contributed by atoms with Gasteiger partial charge in [-0.2, -0.15) is 0 Å². The third kappa shape index (κ3) is 3.89. The van der Waals surface area contributed by atoms with Gasteiger partial charge in [-0.25, -0.2) is 0 Å². The molecule has 4 nitrogen and oxygen atoms in total. The summed E-state index contributed by atoms with van der Waals surface area (Å²) in [5, 5.41) is 0. The third-order valence-corrected chi connectivity index (χ3v) is 3.07. The Labute approximate surface area is 113 Å². The summed E-state index contributed by atoms with van der Waals surface area (Å²) >= 11 is 0. The zero-order chi connectivity index (χ0) is 13.5. The van der Waals surface area contributed by atoms with Crippen LogP contribution < -0.4 is 0 Å². The van der Waals surface area contributed by atoms with E-state index in [1.165, 1.54) is 0 Å². The van der Waals surface area contributed by atoms with E-state index in [2.05, 4.69) is 4.99 Å². The Morgan fingerprint density at radius 3 is 2.95 bits per heavy atom. The first-order chi connectivity index (χ1) is 9.31. The van der Waals surface area contributed by atoms with E-state index in [4.69, 9.17) is 9.47 Å². The van der Waals surface area contributed by atoms with Gasteiger partial charge in [0.15, 0.2) is 0 Å². The van der Waals surface area contributed by atoms with Crippen molar-refractivity contribution in [3.8, 4) is 0 Å². The van der Waals surface area contributed by atoms with Gasteiger partial charge >= 0.3 is 5.97 Å². The summed E-state index contributed by atoms with van der Waals surface area (Å²) < 4.78 is 10.4. The monoisotopic (exact) mass is 261 g/mol. The van der Waals surface area contributed by atoms with Crippen molar-refractivity contribution in [3.63, 3.8) is 0 Å². The lowest BCUT2D eigenvalue weighted by molar-refractivity contribution is -0.147. The van der Waals surface area contributed by atoms with Gasteiger partial charge in [-0.3, -0.25) is 9.79 Å². The molecule has 0 amide bonds. The molecule has 4 heteroatoms. The van der Waals surface area contributed by atoms with E-state index in [1.807, 2.05) is 37.3 Å². The number of ether oxygens (including phenoxy) is 2. The van der Waals surface area contributed by atoms with Gasteiger partial charge < -0.3 is 9.47 Å². The SMILES string of the molecule is CCOC(=O)C1COCCC1=NCc1ccccc1. The van der Waals surface area contributed by atoms with Gasteiger partial charge in [-0.05, 0) is 12.5 Å². The predicted octanol–water partition coefficient (Wildman–Crippen LogP) is 2.23. The molecule has 0 aromatic heterocycles. The highest BCUT2D eigenvalue weighted by atomic mass is 16.5. The van der Waals surface area contributed by atoms with Gasteiger partial charge in [0.05, 0.1) is 26.4 Å². The number of benzene rings is 1. The molecule has 1 aliphatic heterocycles. The molecule has 1 heterocycles. The molecule has 0 aliphatic carbocycles. The molecule has 102 valence electrons. The van der Waals surface area contributed by atoms with Crippen molar-refractivity contribution >= 4 is 11.7 Å². The van der Waals surface area contributed by atoms with Crippen LogP contribution in [-0.2, 0) is 20.8 Å². The minimum absolute atomic E-state index is 0.228. The van der Waals surface area contributed by atoms with Gasteiger partial charge in [0.25, 0.3) is 0 Å². The van der Waals surface area contributed by atoms with E-state index >= 15 is 0 Å². The van der Waals surface area contributed by atoms with Crippen LogP contribution in [0.5, 0.6) is 0 Å². The fourth-order valence-corrected chi connectivity index (χ4v) is 2.06. The lowest BCUT2D eigenvalue weighted by atomic mass is 9.99. The fraction of sp³-hybridized carbons (Fsp3) is 0.467. The minimum Gasteiger partial charge on any atom is -0.465 e. The number of rotatable bonds is 4. The first-order valence-electron chi connectivity index (χ1n) is 6.62. The first-order valence-corrected chi connectivity index (χ1v) is 6.62. The Morgan fingerprint density at radius 1 is 1.42 bits per heavy atom. The molecule has 1 saturated heterocycles. The van der Waals surface area contributed by atoms with Crippen LogP contribution >= 0.6 is 0 Å². The molecule has 0 bridgehead atoms. The lowest BCUT2D eigenvalue weighted by Gasteiger charge is -2.23. The van der Waals surface area contributed by atoms with E-state index in [-0.39, 0.29) is 11.9 Å². The molecule has 0 saturated carbocycles. The van der Waals surface area contributed by atoms with Gasteiger partial charge in [0.1, 0.15) is 5.92 Å². The highest BCUT2D eigenvalue weighted by molar-refractivity contribution is 6.02. The second-order valence-corrected chi connectivity index (χ2v) is 4.42. The van der Waals surface area contributed by atoms with Crippen LogP contribution in [0.4, 0.5) is 0 Å². The number of nitrogens with zero attached hydrogens (tertiary/aromatic N) is 1. The van der Waals surface area contributed by atoms with E-state index < -0.39 is 0 Å². The number of carbonyl (C=O) groups is 1. The molecule has 0 N–H and O–H groups in total. The summed E-state index contributed by atoms with van der Waals surface area (Å²) in [7, 11) is 0. The molecule has 0 spiro atoms. The average Bonchev–Trinajstić information content (AvgIpc) is 2.47. The molecule has 2 rings (SSSR count). The summed E-state index contributed by atoms with van der Waals surface area (Å²) in [5.41, 5.74) is 2.04. The normalized spacial score (nSPS) is 21.3. The zero-order valence-electron chi connectivity index (χ0n) is 11.2. The highest BCUT2D eigenvalue weighted by Crippen LogP contribution is 2.15. The Kier molecular flexibility index (Phi) is 5.10. The fourth-order valence-electron chi connectivity index (χ4n) is 2.06. The predicted molar refractivity (Wildman–Crippen MR) is 73.1 cm³/mol. The van der Waals surface area contributed by atoms with Crippen molar-refractivity contribution in [2.45, 2.75) is 19.9 Å². The molecule has 1 atom stereocenters. The smallest absolute Gasteiger partial charge is 0.317 e. The van der Waals surface area contributed by atoms with Gasteiger partial charge in [-0.15, -0.1) is 0 Å². The van der Waals surface area contributed by atoms with Crippen molar-refractivity contribution < 1.29 is 14.3 Å². The van der Waals surface area contributed by atoms with Gasteiger partial charge in [-0.1, -0.05) is 30.3 Å². The van der Waals surface area contributed by atoms with Gasteiger partial charge in [0.2, 0.25) is 0 Å². The standard InChI is InChI=1S/C15H19NO3/c1-2-19-15(17)13-11-18-9-8-14(13)16-10-12-6-4-3-5-7-12/h3-7,13H,2,8-11H2,1H3. The Hall–Kier alpha value is -1.68. The van der Waals surface area contributed by atoms with Crippen molar-refractivity contribution in [1.82, 2.24) is 0 Å². The van der Waals surface area contributed by atoms with E-state index in [1.54, 1.807) is 0 Å². The number of esters is 1. The molecular formula is C15H19NO3. The molecule has 1 fully saturated rings. The zero-order valence-corrected chi connectivity index (χ0v) is 11.2. The minimum atomic E-state index is -0.336. The Morgan fingerprint density at radius 2 is 2.21 bits per heavy atom. The molecule has 1 aromatic rings. The largest absolute Gasteiger partial charge is 0.465 e. The number of aliphatic imine (C=N–C) groups is 1. The van der Waals surface area contributed by atoms with Crippen molar-refractivity contribution in [1.29, 1.82) is 0 Å². The van der Waals surface area contributed by atoms with Crippen LogP contribution in [0.15, 0.2) is 35.3 Å². The Balaban J connectivity index is 2.04. The van der Waals surface area contributed by atoms with E-state index in [9.17, 15) is 4.79 Å². The van der Waals surface area contributed by atoms with Crippen molar-refractivity contribution in [2.75, 3.05) is 19.8 Å². The molecule has 0 radical (unpaired) electrons.